The molecular weight excluding hydrogens is 402 g/mol. The van der Waals surface area contributed by atoms with Crippen LogP contribution in [0.4, 0.5) is 0 Å². The summed E-state index contributed by atoms with van der Waals surface area (Å²) in [7, 11) is -1.84. The molecule has 0 spiro atoms. The van der Waals surface area contributed by atoms with Gasteiger partial charge in [-0.2, -0.15) is 17.0 Å². The summed E-state index contributed by atoms with van der Waals surface area (Å²) in [5.74, 6) is 0.419. The first-order chi connectivity index (χ1) is 14.4. The summed E-state index contributed by atoms with van der Waals surface area (Å²) in [5.41, 5.74) is 0.990. The van der Waals surface area contributed by atoms with E-state index in [4.69, 9.17) is 4.74 Å². The van der Waals surface area contributed by atoms with E-state index in [-0.39, 0.29) is 24.4 Å². The van der Waals surface area contributed by atoms with Crippen LogP contribution >= 0.6 is 0 Å². The van der Waals surface area contributed by atoms with Crippen LogP contribution in [0.2, 0.25) is 0 Å². The first-order valence-electron chi connectivity index (χ1n) is 11.1. The van der Waals surface area contributed by atoms with Gasteiger partial charge in [0.15, 0.2) is 0 Å². The quantitative estimate of drug-likeness (QED) is 0.678. The van der Waals surface area contributed by atoms with Crippen LogP contribution in [0.1, 0.15) is 57.4 Å². The molecule has 7 nitrogen and oxygen atoms in total. The normalized spacial score (nSPS) is 21.5. The highest BCUT2D eigenvalue weighted by Gasteiger charge is 2.37. The molecule has 1 amide bonds. The molecule has 0 bridgehead atoms. The monoisotopic (exact) mass is 437 g/mol. The number of ether oxygens (including phenoxy) is 1. The molecule has 0 aromatic heterocycles. The number of benzene rings is 1. The Balaban J connectivity index is 1.54. The molecule has 1 N–H and O–H groups in total. The second-order valence-corrected chi connectivity index (χ2v) is 10.3. The van der Waals surface area contributed by atoms with Gasteiger partial charge in [0.25, 0.3) is 10.2 Å². The minimum absolute atomic E-state index is 0.0795. The van der Waals surface area contributed by atoms with Gasteiger partial charge in [-0.25, -0.2) is 0 Å². The van der Waals surface area contributed by atoms with Crippen LogP contribution in [0.15, 0.2) is 24.3 Å². The predicted octanol–water partition coefficient (Wildman–Crippen LogP) is 2.92. The zero-order valence-electron chi connectivity index (χ0n) is 18.2. The first kappa shape index (κ1) is 23.0. The predicted molar refractivity (Wildman–Crippen MR) is 117 cm³/mol. The fourth-order valence-electron chi connectivity index (χ4n) is 4.38. The van der Waals surface area contributed by atoms with E-state index in [2.05, 4.69) is 5.32 Å². The molecule has 1 saturated carbocycles. The van der Waals surface area contributed by atoms with Crippen molar-refractivity contribution in [2.24, 2.45) is 5.92 Å². The SMILES string of the molecule is CCOc1ccc(CNC(=O)[C@H]2CCCN(S(=O)(=O)N(C)C3CCCCC3)C2)cc1. The van der Waals surface area contributed by atoms with Gasteiger partial charge in [-0.15, -0.1) is 0 Å². The lowest BCUT2D eigenvalue weighted by molar-refractivity contribution is -0.126. The van der Waals surface area contributed by atoms with Crippen molar-refractivity contribution in [3.8, 4) is 5.75 Å². The number of hydrogen-bond acceptors (Lipinski definition) is 4. The van der Waals surface area contributed by atoms with Crippen LogP contribution in [-0.2, 0) is 21.5 Å². The molecule has 1 aromatic rings. The zero-order chi connectivity index (χ0) is 21.6. The average molecular weight is 438 g/mol. The van der Waals surface area contributed by atoms with Gasteiger partial charge in [0.1, 0.15) is 5.75 Å². The number of carbonyl (C=O) groups excluding carboxylic acids is 1. The molecule has 1 atom stereocenters. The Morgan fingerprint density at radius 2 is 1.83 bits per heavy atom. The second-order valence-electron chi connectivity index (χ2n) is 8.31. The van der Waals surface area contributed by atoms with Crippen molar-refractivity contribution in [3.63, 3.8) is 0 Å². The van der Waals surface area contributed by atoms with Gasteiger partial charge in [-0.05, 0) is 50.3 Å². The molecule has 30 heavy (non-hydrogen) atoms. The number of amides is 1. The molecular formula is C22H35N3O4S. The van der Waals surface area contributed by atoms with Crippen LogP contribution in [0, 0.1) is 5.92 Å². The maximum absolute atomic E-state index is 13.1. The highest BCUT2D eigenvalue weighted by Crippen LogP contribution is 2.27. The van der Waals surface area contributed by atoms with Crippen LogP contribution in [0.3, 0.4) is 0 Å². The van der Waals surface area contributed by atoms with Gasteiger partial charge < -0.3 is 10.1 Å². The van der Waals surface area contributed by atoms with Crippen molar-refractivity contribution in [2.45, 2.75) is 64.5 Å². The Morgan fingerprint density at radius 1 is 1.13 bits per heavy atom. The molecule has 1 heterocycles. The summed E-state index contributed by atoms with van der Waals surface area (Å²) in [6.45, 7) is 3.73. The third-order valence-corrected chi connectivity index (χ3v) is 8.25. The highest BCUT2D eigenvalue weighted by molar-refractivity contribution is 7.86. The standard InChI is InChI=1S/C22H35N3O4S/c1-3-29-21-13-11-18(12-14-21)16-23-22(26)19-8-7-15-25(17-19)30(27,28)24(2)20-9-5-4-6-10-20/h11-14,19-20H,3-10,15-17H2,1-2H3,(H,23,26)/t19-/m0/s1. The third kappa shape index (κ3) is 5.74. The van der Waals surface area contributed by atoms with E-state index in [1.807, 2.05) is 31.2 Å². The van der Waals surface area contributed by atoms with Crippen LogP contribution < -0.4 is 10.1 Å². The van der Waals surface area contributed by atoms with Crippen molar-refractivity contribution in [3.05, 3.63) is 29.8 Å². The molecule has 2 aliphatic rings. The molecule has 0 radical (unpaired) electrons. The van der Waals surface area contributed by atoms with E-state index in [0.717, 1.165) is 37.0 Å². The number of piperidine rings is 1. The van der Waals surface area contributed by atoms with Gasteiger partial charge in [0, 0.05) is 32.7 Å². The van der Waals surface area contributed by atoms with E-state index in [0.29, 0.717) is 32.5 Å². The summed E-state index contributed by atoms with van der Waals surface area (Å²) in [4.78, 5) is 12.7. The summed E-state index contributed by atoms with van der Waals surface area (Å²) in [6.07, 6.45) is 6.63. The van der Waals surface area contributed by atoms with Gasteiger partial charge in [-0.3, -0.25) is 4.79 Å². The van der Waals surface area contributed by atoms with Crippen molar-refractivity contribution in [1.29, 1.82) is 0 Å². The molecule has 1 saturated heterocycles. The summed E-state index contributed by atoms with van der Waals surface area (Å²) in [6, 6.07) is 7.73. The van der Waals surface area contributed by atoms with Gasteiger partial charge in [-0.1, -0.05) is 31.4 Å². The van der Waals surface area contributed by atoms with Gasteiger partial charge >= 0.3 is 0 Å². The zero-order valence-corrected chi connectivity index (χ0v) is 19.0. The summed E-state index contributed by atoms with van der Waals surface area (Å²) >= 11 is 0. The smallest absolute Gasteiger partial charge is 0.281 e. The number of rotatable bonds is 8. The molecule has 2 fully saturated rings. The molecule has 8 heteroatoms. The number of nitrogens with one attached hydrogen (secondary N) is 1. The molecule has 168 valence electrons. The molecule has 1 aromatic carbocycles. The lowest BCUT2D eigenvalue weighted by Gasteiger charge is -2.37. The topological polar surface area (TPSA) is 79.0 Å². The summed E-state index contributed by atoms with van der Waals surface area (Å²) < 4.78 is 34.7. The van der Waals surface area contributed by atoms with Crippen molar-refractivity contribution in [1.82, 2.24) is 13.9 Å². The maximum atomic E-state index is 13.1. The minimum atomic E-state index is -3.53. The van der Waals surface area contributed by atoms with Crippen LogP contribution in [0.5, 0.6) is 5.75 Å². The second kappa shape index (κ2) is 10.6. The van der Waals surface area contributed by atoms with E-state index < -0.39 is 10.2 Å². The Kier molecular flexibility index (Phi) is 8.13. The average Bonchev–Trinajstić information content (AvgIpc) is 2.78. The lowest BCUT2D eigenvalue weighted by Crippen LogP contribution is -2.52. The lowest BCUT2D eigenvalue weighted by atomic mass is 9.96. The first-order valence-corrected chi connectivity index (χ1v) is 12.5. The van der Waals surface area contributed by atoms with Gasteiger partial charge in [0.2, 0.25) is 5.91 Å². The molecule has 3 rings (SSSR count). The van der Waals surface area contributed by atoms with E-state index in [1.54, 1.807) is 11.4 Å². The number of carbonyl (C=O) groups is 1. The number of hydrogen-bond donors (Lipinski definition) is 1. The Hall–Kier alpha value is -1.64. The highest BCUT2D eigenvalue weighted by atomic mass is 32.2. The molecule has 1 aliphatic heterocycles. The largest absolute Gasteiger partial charge is 0.494 e. The molecule has 0 unspecified atom stereocenters. The minimum Gasteiger partial charge on any atom is -0.494 e. The van der Waals surface area contributed by atoms with E-state index in [9.17, 15) is 13.2 Å². The van der Waals surface area contributed by atoms with Crippen LogP contribution in [0.25, 0.3) is 0 Å². The Labute approximate surface area is 180 Å². The van der Waals surface area contributed by atoms with Crippen LogP contribution in [-0.4, -0.2) is 55.7 Å². The Bertz CT molecular complexity index is 791. The van der Waals surface area contributed by atoms with Crippen molar-refractivity contribution < 1.29 is 17.9 Å². The van der Waals surface area contributed by atoms with Gasteiger partial charge in [0.05, 0.1) is 12.5 Å². The summed E-state index contributed by atoms with van der Waals surface area (Å²) in [5, 5.41) is 2.97. The van der Waals surface area contributed by atoms with E-state index in [1.165, 1.54) is 10.7 Å². The number of nitrogens with zero attached hydrogens (tertiary/aromatic N) is 2. The maximum Gasteiger partial charge on any atom is 0.281 e. The van der Waals surface area contributed by atoms with Crippen molar-refractivity contribution >= 4 is 16.1 Å². The van der Waals surface area contributed by atoms with Crippen molar-refractivity contribution in [2.75, 3.05) is 26.7 Å². The third-order valence-electron chi connectivity index (χ3n) is 6.24. The fraction of sp³-hybridized carbons (Fsp3) is 0.682. The molecule has 1 aliphatic carbocycles. The van der Waals surface area contributed by atoms with E-state index >= 15 is 0 Å². The fourth-order valence-corrected chi connectivity index (χ4v) is 6.06. The Morgan fingerprint density at radius 3 is 2.50 bits per heavy atom.